The van der Waals surface area contributed by atoms with Crippen LogP contribution in [0, 0.1) is 12.7 Å². The predicted octanol–water partition coefficient (Wildman–Crippen LogP) is 2.44. The van der Waals surface area contributed by atoms with Crippen LogP contribution in [-0.4, -0.2) is 73.9 Å². The number of nitrogens with zero attached hydrogens (tertiary/aromatic N) is 4. The highest BCUT2D eigenvalue weighted by Gasteiger charge is 2.33. The highest BCUT2D eigenvalue weighted by atomic mass is 32.2. The number of fused-ring (bicyclic) bond motifs is 1. The Morgan fingerprint density at radius 2 is 1.85 bits per heavy atom. The van der Waals surface area contributed by atoms with Gasteiger partial charge in [-0.1, -0.05) is 12.1 Å². The number of carbonyl (C=O) groups is 1. The van der Waals surface area contributed by atoms with Crippen molar-refractivity contribution in [1.29, 1.82) is 0 Å². The van der Waals surface area contributed by atoms with Crippen molar-refractivity contribution in [3.05, 3.63) is 46.3 Å². The molecule has 0 spiro atoms. The monoisotopic (exact) mass is 494 g/mol. The standard InChI is InChI=1S/C21H23FN4O5S2/c1-13-17-19(31-3)23-16(12-30-2)24-20(17)32-18(13)21(27)25-8-10-26(11-9-25)33(28,29)15-7-5-4-6-14(15)22/h4-7H,8-12H2,1-3H3. The van der Waals surface area contributed by atoms with Crippen molar-refractivity contribution >= 4 is 37.5 Å². The van der Waals surface area contributed by atoms with Crippen molar-refractivity contribution in [3.63, 3.8) is 0 Å². The quantitative estimate of drug-likeness (QED) is 0.519. The molecule has 0 unspecified atom stereocenters. The van der Waals surface area contributed by atoms with Crippen LogP contribution in [0.25, 0.3) is 10.2 Å². The maximum absolute atomic E-state index is 14.1. The summed E-state index contributed by atoms with van der Waals surface area (Å²) in [7, 11) is -0.930. The molecule has 1 aliphatic rings. The van der Waals surface area contributed by atoms with Crippen molar-refractivity contribution in [3.8, 4) is 5.88 Å². The van der Waals surface area contributed by atoms with E-state index in [0.29, 0.717) is 32.4 Å². The molecule has 2 aromatic heterocycles. The van der Waals surface area contributed by atoms with Crippen LogP contribution in [0.5, 0.6) is 5.88 Å². The number of halogens is 1. The molecule has 1 aromatic carbocycles. The number of piperazine rings is 1. The molecular formula is C21H23FN4O5S2. The number of carbonyl (C=O) groups excluding carboxylic acids is 1. The van der Waals surface area contributed by atoms with Gasteiger partial charge in [0.25, 0.3) is 5.91 Å². The van der Waals surface area contributed by atoms with E-state index in [9.17, 15) is 17.6 Å². The first-order valence-electron chi connectivity index (χ1n) is 10.1. The van der Waals surface area contributed by atoms with Crippen molar-refractivity contribution < 1.29 is 27.1 Å². The second kappa shape index (κ2) is 9.29. The fourth-order valence-corrected chi connectivity index (χ4v) is 6.40. The van der Waals surface area contributed by atoms with Gasteiger partial charge < -0.3 is 14.4 Å². The van der Waals surface area contributed by atoms with Gasteiger partial charge in [-0.05, 0) is 24.6 Å². The molecule has 1 aliphatic heterocycles. The third kappa shape index (κ3) is 4.31. The smallest absolute Gasteiger partial charge is 0.264 e. The molecular weight excluding hydrogens is 471 g/mol. The summed E-state index contributed by atoms with van der Waals surface area (Å²) in [5.41, 5.74) is 0.710. The zero-order chi connectivity index (χ0) is 23.8. The van der Waals surface area contributed by atoms with Gasteiger partial charge in [0, 0.05) is 33.3 Å². The Morgan fingerprint density at radius 3 is 2.48 bits per heavy atom. The van der Waals surface area contributed by atoms with Gasteiger partial charge >= 0.3 is 0 Å². The van der Waals surface area contributed by atoms with Crippen LogP contribution in [0.1, 0.15) is 21.1 Å². The molecule has 1 fully saturated rings. The van der Waals surface area contributed by atoms with Crippen LogP contribution in [0.3, 0.4) is 0 Å². The number of thiophene rings is 1. The molecule has 1 amide bonds. The van der Waals surface area contributed by atoms with E-state index in [1.807, 2.05) is 6.92 Å². The number of aryl methyl sites for hydroxylation is 1. The van der Waals surface area contributed by atoms with Gasteiger partial charge in [0.2, 0.25) is 15.9 Å². The average Bonchev–Trinajstić information content (AvgIpc) is 3.15. The zero-order valence-electron chi connectivity index (χ0n) is 18.4. The van der Waals surface area contributed by atoms with Crippen LogP contribution in [0.4, 0.5) is 4.39 Å². The van der Waals surface area contributed by atoms with E-state index in [1.54, 1.807) is 12.0 Å². The highest BCUT2D eigenvalue weighted by molar-refractivity contribution is 7.89. The molecule has 0 aliphatic carbocycles. The summed E-state index contributed by atoms with van der Waals surface area (Å²) in [4.78, 5) is 24.5. The van der Waals surface area contributed by atoms with E-state index in [1.165, 1.54) is 41.0 Å². The van der Waals surface area contributed by atoms with Crippen LogP contribution in [0.15, 0.2) is 29.2 Å². The van der Waals surface area contributed by atoms with Crippen LogP contribution in [0.2, 0.25) is 0 Å². The van der Waals surface area contributed by atoms with Gasteiger partial charge in [-0.25, -0.2) is 17.8 Å². The number of methoxy groups -OCH3 is 2. The number of rotatable bonds is 6. The SMILES string of the molecule is COCc1nc(OC)c2c(C)c(C(=O)N3CCN(S(=O)(=O)c4ccccc4F)CC3)sc2n1. The van der Waals surface area contributed by atoms with Gasteiger partial charge in [0.1, 0.15) is 22.1 Å². The van der Waals surface area contributed by atoms with Gasteiger partial charge in [-0.2, -0.15) is 9.29 Å². The number of amides is 1. The maximum Gasteiger partial charge on any atom is 0.264 e. The van der Waals surface area contributed by atoms with Crippen LogP contribution in [-0.2, 0) is 21.4 Å². The topological polar surface area (TPSA) is 102 Å². The number of hydrogen-bond donors (Lipinski definition) is 0. The average molecular weight is 495 g/mol. The highest BCUT2D eigenvalue weighted by Crippen LogP contribution is 2.36. The molecule has 9 nitrogen and oxygen atoms in total. The Kier molecular flexibility index (Phi) is 6.61. The van der Waals surface area contributed by atoms with Gasteiger partial charge in [-0.15, -0.1) is 11.3 Å². The van der Waals surface area contributed by atoms with E-state index >= 15 is 0 Å². The summed E-state index contributed by atoms with van der Waals surface area (Å²) in [5, 5.41) is 0.673. The molecule has 0 N–H and O–H groups in total. The Balaban J connectivity index is 1.55. The summed E-state index contributed by atoms with van der Waals surface area (Å²) >= 11 is 1.24. The van der Waals surface area contributed by atoms with Crippen LogP contribution >= 0.6 is 11.3 Å². The lowest BCUT2D eigenvalue weighted by Gasteiger charge is -2.34. The Bertz CT molecular complexity index is 1300. The number of hydrogen-bond acceptors (Lipinski definition) is 8. The molecule has 0 bridgehead atoms. The number of sulfonamides is 1. The first-order valence-corrected chi connectivity index (χ1v) is 12.4. The minimum Gasteiger partial charge on any atom is -0.480 e. The lowest BCUT2D eigenvalue weighted by atomic mass is 10.2. The normalized spacial score (nSPS) is 15.2. The minimum absolute atomic E-state index is 0.0768. The summed E-state index contributed by atoms with van der Waals surface area (Å²) in [6.45, 7) is 2.56. The molecule has 12 heteroatoms. The second-order valence-corrected chi connectivity index (χ2v) is 10.4. The van der Waals surface area contributed by atoms with Crippen LogP contribution < -0.4 is 4.74 Å². The summed E-state index contributed by atoms with van der Waals surface area (Å²) in [6.07, 6.45) is 0. The molecule has 0 saturated carbocycles. The van der Waals surface area contributed by atoms with E-state index < -0.39 is 15.8 Å². The van der Waals surface area contributed by atoms with Gasteiger partial charge in [-0.3, -0.25) is 4.79 Å². The maximum atomic E-state index is 14.1. The van der Waals surface area contributed by atoms with Crippen molar-refractivity contribution in [1.82, 2.24) is 19.2 Å². The number of benzene rings is 1. The summed E-state index contributed by atoms with van der Waals surface area (Å²) in [6, 6.07) is 5.28. The van der Waals surface area contributed by atoms with E-state index in [2.05, 4.69) is 9.97 Å². The molecule has 3 aromatic rings. The number of ether oxygens (including phenoxy) is 2. The second-order valence-electron chi connectivity index (χ2n) is 7.45. The first kappa shape index (κ1) is 23.5. The lowest BCUT2D eigenvalue weighted by molar-refractivity contribution is 0.0702. The zero-order valence-corrected chi connectivity index (χ0v) is 20.0. The van der Waals surface area contributed by atoms with Gasteiger partial charge in [0.15, 0.2) is 5.82 Å². The van der Waals surface area contributed by atoms with E-state index in [0.717, 1.165) is 6.07 Å². The molecule has 4 rings (SSSR count). The Labute approximate surface area is 194 Å². The third-order valence-corrected chi connectivity index (χ3v) is 8.55. The molecule has 176 valence electrons. The van der Waals surface area contributed by atoms with Crippen molar-refractivity contribution in [2.45, 2.75) is 18.4 Å². The van der Waals surface area contributed by atoms with Gasteiger partial charge in [0.05, 0.1) is 17.4 Å². The third-order valence-electron chi connectivity index (χ3n) is 5.44. The van der Waals surface area contributed by atoms with E-state index in [-0.39, 0.29) is 43.6 Å². The fourth-order valence-electron chi connectivity index (χ4n) is 3.76. The van der Waals surface area contributed by atoms with Crippen molar-refractivity contribution in [2.24, 2.45) is 0 Å². The predicted molar refractivity (Wildman–Crippen MR) is 120 cm³/mol. The lowest BCUT2D eigenvalue weighted by Crippen LogP contribution is -2.50. The van der Waals surface area contributed by atoms with E-state index in [4.69, 9.17) is 9.47 Å². The number of aromatic nitrogens is 2. The fraction of sp³-hybridized carbons (Fsp3) is 0.381. The Morgan fingerprint density at radius 1 is 1.15 bits per heavy atom. The first-order chi connectivity index (χ1) is 15.8. The Hall–Kier alpha value is -2.67. The largest absolute Gasteiger partial charge is 0.480 e. The summed E-state index contributed by atoms with van der Waals surface area (Å²) < 4.78 is 51.4. The molecule has 1 saturated heterocycles. The molecule has 0 radical (unpaired) electrons. The summed E-state index contributed by atoms with van der Waals surface area (Å²) in [5.74, 6) is -0.177. The molecule has 0 atom stereocenters. The molecule has 33 heavy (non-hydrogen) atoms. The van der Waals surface area contributed by atoms with Crippen molar-refractivity contribution in [2.75, 3.05) is 40.4 Å². The minimum atomic E-state index is -3.98. The molecule has 3 heterocycles.